The zero-order valence-electron chi connectivity index (χ0n) is 14.6. The molecule has 8 nitrogen and oxygen atoms in total. The number of carbonyl (C=O) groups is 3. The number of imidazole rings is 1. The number of aromatic carboxylic acids is 2. The van der Waals surface area contributed by atoms with Crippen LogP contribution in [0.4, 0.5) is 18.9 Å². The average molecular weight is 407 g/mol. The van der Waals surface area contributed by atoms with E-state index < -0.39 is 29.6 Å². The number of rotatable bonds is 4. The third kappa shape index (κ3) is 3.88. The number of halogens is 3. The highest BCUT2D eigenvalue weighted by molar-refractivity contribution is 6.06. The molecule has 0 aliphatic heterocycles. The van der Waals surface area contributed by atoms with E-state index in [1.54, 1.807) is 0 Å². The molecule has 2 aromatic heterocycles. The van der Waals surface area contributed by atoms with Gasteiger partial charge < -0.3 is 15.5 Å². The first-order valence-electron chi connectivity index (χ1n) is 7.96. The number of benzene rings is 1. The van der Waals surface area contributed by atoms with E-state index in [-0.39, 0.29) is 33.8 Å². The number of fused-ring (bicyclic) bond motifs is 1. The molecule has 0 atom stereocenters. The summed E-state index contributed by atoms with van der Waals surface area (Å²) in [4.78, 5) is 39.1. The van der Waals surface area contributed by atoms with Crippen LogP contribution in [0.2, 0.25) is 0 Å². The maximum atomic E-state index is 13.0. The lowest BCUT2D eigenvalue weighted by atomic mass is 10.1. The number of alkyl halides is 3. The fourth-order valence-corrected chi connectivity index (χ4v) is 2.74. The largest absolute Gasteiger partial charge is 0.478 e. The molecule has 29 heavy (non-hydrogen) atoms. The number of amides is 1. The maximum absolute atomic E-state index is 13.0. The predicted molar refractivity (Wildman–Crippen MR) is 93.2 cm³/mol. The van der Waals surface area contributed by atoms with Gasteiger partial charge >= 0.3 is 18.1 Å². The minimum atomic E-state index is -4.63. The number of pyridine rings is 1. The van der Waals surface area contributed by atoms with Crippen LogP contribution in [0.1, 0.15) is 42.5 Å². The van der Waals surface area contributed by atoms with Gasteiger partial charge in [0.25, 0.3) is 5.91 Å². The number of carbonyl (C=O) groups excluding carboxylic acids is 1. The van der Waals surface area contributed by atoms with Crippen molar-refractivity contribution in [2.45, 2.75) is 13.1 Å². The second kappa shape index (κ2) is 6.93. The molecule has 0 fully saturated rings. The quantitative estimate of drug-likeness (QED) is 0.610. The van der Waals surface area contributed by atoms with Gasteiger partial charge in [0, 0.05) is 11.9 Å². The molecule has 0 aliphatic carbocycles. The van der Waals surface area contributed by atoms with Gasteiger partial charge in [-0.25, -0.2) is 14.6 Å². The van der Waals surface area contributed by atoms with E-state index in [0.717, 1.165) is 40.9 Å². The van der Waals surface area contributed by atoms with Crippen LogP contribution in [-0.2, 0) is 6.18 Å². The van der Waals surface area contributed by atoms with Crippen LogP contribution in [0.5, 0.6) is 0 Å². The van der Waals surface area contributed by atoms with E-state index in [2.05, 4.69) is 10.3 Å². The SMILES string of the molecule is Cc1nc2ccc(C(F)(F)F)cn2c1C(=O)Nc1cc(C(=O)O)cc(C(=O)O)c1. The van der Waals surface area contributed by atoms with Crippen LogP contribution in [0, 0.1) is 6.92 Å². The zero-order valence-corrected chi connectivity index (χ0v) is 14.6. The van der Waals surface area contributed by atoms with E-state index in [1.165, 1.54) is 6.92 Å². The molecule has 0 unspecified atom stereocenters. The highest BCUT2D eigenvalue weighted by Crippen LogP contribution is 2.30. The fraction of sp³-hybridized carbons (Fsp3) is 0.111. The summed E-state index contributed by atoms with van der Waals surface area (Å²) in [6.07, 6.45) is -3.91. The number of anilines is 1. The van der Waals surface area contributed by atoms with Gasteiger partial charge in [-0.2, -0.15) is 13.2 Å². The van der Waals surface area contributed by atoms with E-state index in [1.807, 2.05) is 0 Å². The molecule has 0 saturated carbocycles. The van der Waals surface area contributed by atoms with Crippen LogP contribution >= 0.6 is 0 Å². The van der Waals surface area contributed by atoms with Gasteiger partial charge in [-0.3, -0.25) is 9.20 Å². The normalized spacial score (nSPS) is 11.4. The lowest BCUT2D eigenvalue weighted by Crippen LogP contribution is -2.17. The second-order valence-electron chi connectivity index (χ2n) is 6.05. The van der Waals surface area contributed by atoms with Crippen molar-refractivity contribution in [2.75, 3.05) is 5.32 Å². The third-order valence-electron chi connectivity index (χ3n) is 4.02. The third-order valence-corrected chi connectivity index (χ3v) is 4.02. The van der Waals surface area contributed by atoms with Crippen molar-refractivity contribution in [1.82, 2.24) is 9.38 Å². The minimum Gasteiger partial charge on any atom is -0.478 e. The first-order chi connectivity index (χ1) is 13.5. The standard InChI is InChI=1S/C18H12F3N3O5/c1-8-14(24-7-11(18(19,20)21)2-3-13(24)22-8)15(25)23-12-5-9(16(26)27)4-10(6-12)17(28)29/h2-7H,1H3,(H,23,25)(H,26,27)(H,28,29). The Morgan fingerprint density at radius 1 is 1.03 bits per heavy atom. The molecule has 1 aromatic carbocycles. The highest BCUT2D eigenvalue weighted by atomic mass is 19.4. The second-order valence-corrected chi connectivity index (χ2v) is 6.05. The van der Waals surface area contributed by atoms with Crippen molar-refractivity contribution < 1.29 is 37.8 Å². The molecule has 0 bridgehead atoms. The number of hydrogen-bond acceptors (Lipinski definition) is 4. The van der Waals surface area contributed by atoms with Crippen molar-refractivity contribution in [2.24, 2.45) is 0 Å². The Hall–Kier alpha value is -3.89. The Balaban J connectivity index is 2.05. The summed E-state index contributed by atoms with van der Waals surface area (Å²) in [5, 5.41) is 20.5. The molecule has 3 rings (SSSR count). The summed E-state index contributed by atoms with van der Waals surface area (Å²) in [5.74, 6) is -3.71. The van der Waals surface area contributed by atoms with Crippen LogP contribution in [0.25, 0.3) is 5.65 Å². The summed E-state index contributed by atoms with van der Waals surface area (Å²) >= 11 is 0. The van der Waals surface area contributed by atoms with Crippen LogP contribution in [-0.4, -0.2) is 37.4 Å². The monoisotopic (exact) mass is 407 g/mol. The lowest BCUT2D eigenvalue weighted by molar-refractivity contribution is -0.137. The molecular formula is C18H12F3N3O5. The first kappa shape index (κ1) is 19.9. The number of carboxylic acid groups (broad SMARTS) is 2. The van der Waals surface area contributed by atoms with Crippen molar-refractivity contribution >= 4 is 29.2 Å². The summed E-state index contributed by atoms with van der Waals surface area (Å²) in [6.45, 7) is 1.42. The van der Waals surface area contributed by atoms with E-state index in [4.69, 9.17) is 10.2 Å². The van der Waals surface area contributed by atoms with Gasteiger partial charge in [-0.05, 0) is 37.3 Å². The van der Waals surface area contributed by atoms with Crippen LogP contribution in [0.3, 0.4) is 0 Å². The van der Waals surface area contributed by atoms with Gasteiger partial charge in [-0.1, -0.05) is 0 Å². The smallest absolute Gasteiger partial charge is 0.417 e. The van der Waals surface area contributed by atoms with E-state index >= 15 is 0 Å². The van der Waals surface area contributed by atoms with Crippen molar-refractivity contribution in [3.05, 3.63) is 64.6 Å². The van der Waals surface area contributed by atoms with E-state index in [9.17, 15) is 27.6 Å². The van der Waals surface area contributed by atoms with Gasteiger partial charge in [0.2, 0.25) is 0 Å². The summed E-state index contributed by atoms with van der Waals surface area (Å²) in [6, 6.07) is 4.92. The molecule has 3 aromatic rings. The molecule has 150 valence electrons. The number of nitrogens with zero attached hydrogens (tertiary/aromatic N) is 2. The lowest BCUT2D eigenvalue weighted by Gasteiger charge is -2.10. The summed E-state index contributed by atoms with van der Waals surface area (Å²) < 4.78 is 40.0. The number of aromatic nitrogens is 2. The highest BCUT2D eigenvalue weighted by Gasteiger charge is 2.31. The molecule has 2 heterocycles. The van der Waals surface area contributed by atoms with Crippen molar-refractivity contribution in [1.29, 1.82) is 0 Å². The van der Waals surface area contributed by atoms with Gasteiger partial charge in [0.15, 0.2) is 0 Å². The van der Waals surface area contributed by atoms with Crippen molar-refractivity contribution in [3.63, 3.8) is 0 Å². The molecule has 0 saturated heterocycles. The maximum Gasteiger partial charge on any atom is 0.417 e. The molecule has 1 amide bonds. The number of hydrogen-bond donors (Lipinski definition) is 3. The molecule has 0 spiro atoms. The van der Waals surface area contributed by atoms with Gasteiger partial charge in [-0.15, -0.1) is 0 Å². The Bertz CT molecular complexity index is 1140. The van der Waals surface area contributed by atoms with Crippen molar-refractivity contribution in [3.8, 4) is 0 Å². The predicted octanol–water partition coefficient (Wildman–Crippen LogP) is 3.31. The topological polar surface area (TPSA) is 121 Å². The van der Waals surface area contributed by atoms with Gasteiger partial charge in [0.05, 0.1) is 22.4 Å². The Morgan fingerprint density at radius 3 is 2.14 bits per heavy atom. The summed E-state index contributed by atoms with van der Waals surface area (Å²) in [7, 11) is 0. The molecule has 3 N–H and O–H groups in total. The van der Waals surface area contributed by atoms with E-state index in [0.29, 0.717) is 0 Å². The Morgan fingerprint density at radius 2 is 1.62 bits per heavy atom. The van der Waals surface area contributed by atoms with Crippen LogP contribution < -0.4 is 5.32 Å². The number of aryl methyl sites for hydroxylation is 1. The van der Waals surface area contributed by atoms with Crippen LogP contribution in [0.15, 0.2) is 36.5 Å². The Kier molecular flexibility index (Phi) is 4.74. The fourth-order valence-electron chi connectivity index (χ4n) is 2.74. The average Bonchev–Trinajstić information content (AvgIpc) is 2.95. The first-order valence-corrected chi connectivity index (χ1v) is 7.96. The number of nitrogens with one attached hydrogen (secondary N) is 1. The Labute approximate surface area is 160 Å². The molecule has 11 heteroatoms. The molecule has 0 aliphatic rings. The number of carboxylic acids is 2. The minimum absolute atomic E-state index is 0.103. The zero-order chi connectivity index (χ0) is 21.5. The summed E-state index contributed by atoms with van der Waals surface area (Å²) in [5.41, 5.74) is -1.86. The van der Waals surface area contributed by atoms with Gasteiger partial charge in [0.1, 0.15) is 11.3 Å². The molecule has 0 radical (unpaired) electrons. The molecular weight excluding hydrogens is 395 g/mol.